The van der Waals surface area contributed by atoms with Crippen LogP contribution >= 0.6 is 23.2 Å². The summed E-state index contributed by atoms with van der Waals surface area (Å²) in [5.41, 5.74) is -0.535. The monoisotopic (exact) mass is 338 g/mol. The van der Waals surface area contributed by atoms with Crippen molar-refractivity contribution < 1.29 is 18.3 Å². The first-order valence-electron chi connectivity index (χ1n) is 5.90. The number of rotatable bonds is 4. The molecule has 7 heteroatoms. The third-order valence-electron chi connectivity index (χ3n) is 2.73. The quantitative estimate of drug-likeness (QED) is 0.903. The fourth-order valence-electron chi connectivity index (χ4n) is 1.52. The molecule has 1 N–H and O–H groups in total. The molecule has 4 nitrogen and oxygen atoms in total. The highest BCUT2D eigenvalue weighted by molar-refractivity contribution is 7.91. The summed E-state index contributed by atoms with van der Waals surface area (Å²) in [6, 6.07) is 2.48. The van der Waals surface area contributed by atoms with Gasteiger partial charge in [0.25, 0.3) is 0 Å². The zero-order chi connectivity index (χ0) is 15.7. The molecule has 1 aromatic carbocycles. The predicted molar refractivity (Wildman–Crippen MR) is 79.5 cm³/mol. The second-order valence-electron chi connectivity index (χ2n) is 5.67. The lowest BCUT2D eigenvalue weighted by molar-refractivity contribution is 0.0697. The van der Waals surface area contributed by atoms with Gasteiger partial charge < -0.3 is 5.11 Å². The molecule has 0 heterocycles. The van der Waals surface area contributed by atoms with Gasteiger partial charge in [-0.3, -0.25) is 0 Å². The van der Waals surface area contributed by atoms with Gasteiger partial charge in [-0.25, -0.2) is 13.2 Å². The van der Waals surface area contributed by atoms with Crippen LogP contribution in [0, 0.1) is 5.41 Å². The first-order chi connectivity index (χ1) is 8.96. The molecular formula is C13H16Cl2O4S. The van der Waals surface area contributed by atoms with Crippen LogP contribution in [-0.2, 0) is 9.84 Å². The number of carboxylic acids is 1. The lowest BCUT2D eigenvalue weighted by atomic mass is 9.94. The van der Waals surface area contributed by atoms with Crippen LogP contribution in [0.15, 0.2) is 17.0 Å². The third-order valence-corrected chi connectivity index (χ3v) is 5.30. The fourth-order valence-corrected chi connectivity index (χ4v) is 4.16. The summed E-state index contributed by atoms with van der Waals surface area (Å²) in [7, 11) is -3.65. The van der Waals surface area contributed by atoms with Gasteiger partial charge in [-0.05, 0) is 24.0 Å². The van der Waals surface area contributed by atoms with Gasteiger partial charge in [0.1, 0.15) is 0 Å². The van der Waals surface area contributed by atoms with E-state index in [4.69, 9.17) is 28.3 Å². The Hall–Kier alpha value is -0.780. The maximum absolute atomic E-state index is 12.3. The van der Waals surface area contributed by atoms with Crippen molar-refractivity contribution >= 4 is 39.0 Å². The first kappa shape index (κ1) is 17.3. The van der Waals surface area contributed by atoms with E-state index < -0.39 is 15.8 Å². The molecule has 0 aliphatic carbocycles. The summed E-state index contributed by atoms with van der Waals surface area (Å²) in [4.78, 5) is 10.9. The second kappa shape index (κ2) is 5.92. The summed E-state index contributed by atoms with van der Waals surface area (Å²) in [5.74, 6) is -1.45. The van der Waals surface area contributed by atoms with Gasteiger partial charge >= 0.3 is 5.97 Å². The molecule has 1 aromatic rings. The Morgan fingerprint density at radius 1 is 1.25 bits per heavy atom. The minimum Gasteiger partial charge on any atom is -0.478 e. The van der Waals surface area contributed by atoms with Gasteiger partial charge in [-0.1, -0.05) is 44.0 Å². The van der Waals surface area contributed by atoms with E-state index in [-0.39, 0.29) is 31.7 Å². The van der Waals surface area contributed by atoms with Crippen molar-refractivity contribution in [2.24, 2.45) is 5.41 Å². The molecule has 1 rings (SSSR count). The van der Waals surface area contributed by atoms with Gasteiger partial charge in [0.2, 0.25) is 0 Å². The van der Waals surface area contributed by atoms with E-state index in [1.807, 2.05) is 20.8 Å². The van der Waals surface area contributed by atoms with E-state index in [0.717, 1.165) is 0 Å². The van der Waals surface area contributed by atoms with Gasteiger partial charge in [0.05, 0.1) is 26.3 Å². The predicted octanol–water partition coefficient (Wildman–Crippen LogP) is 3.90. The molecule has 0 saturated carbocycles. The van der Waals surface area contributed by atoms with Gasteiger partial charge in [0.15, 0.2) is 9.84 Å². The molecular weight excluding hydrogens is 323 g/mol. The standard InChI is InChI=1S/C13H16Cl2O4S/c1-13(2,3)6-7-20(18,19)9-5-4-8(14)10(11(9)15)12(16)17/h4-5H,6-7H2,1-3H3,(H,16,17). The number of sulfone groups is 1. The van der Waals surface area contributed by atoms with Gasteiger partial charge in [-0.15, -0.1) is 0 Å². The fraction of sp³-hybridized carbons (Fsp3) is 0.462. The van der Waals surface area contributed by atoms with Crippen LogP contribution in [0.4, 0.5) is 0 Å². The van der Waals surface area contributed by atoms with Crippen LogP contribution in [0.5, 0.6) is 0 Å². The van der Waals surface area contributed by atoms with Crippen molar-refractivity contribution in [3.63, 3.8) is 0 Å². The maximum atomic E-state index is 12.3. The number of carbonyl (C=O) groups is 1. The molecule has 0 radical (unpaired) electrons. The normalized spacial score (nSPS) is 12.4. The summed E-state index contributed by atoms with van der Waals surface area (Å²) in [5, 5.41) is 8.61. The highest BCUT2D eigenvalue weighted by Crippen LogP contribution is 2.32. The maximum Gasteiger partial charge on any atom is 0.338 e. The molecule has 20 heavy (non-hydrogen) atoms. The number of carboxylic acid groups (broad SMARTS) is 1. The topological polar surface area (TPSA) is 71.4 Å². The highest BCUT2D eigenvalue weighted by Gasteiger charge is 2.26. The van der Waals surface area contributed by atoms with Crippen LogP contribution in [0.1, 0.15) is 37.6 Å². The molecule has 0 unspecified atom stereocenters. The zero-order valence-corrected chi connectivity index (χ0v) is 13.7. The largest absolute Gasteiger partial charge is 0.478 e. The summed E-state index contributed by atoms with van der Waals surface area (Å²) in [6.45, 7) is 5.78. The Balaban J connectivity index is 3.27. The average molecular weight is 339 g/mol. The molecule has 0 fully saturated rings. The van der Waals surface area contributed by atoms with Crippen molar-refractivity contribution in [2.45, 2.75) is 32.1 Å². The Bertz CT molecular complexity index is 631. The van der Waals surface area contributed by atoms with Crippen LogP contribution in [-0.4, -0.2) is 25.2 Å². The highest BCUT2D eigenvalue weighted by atomic mass is 35.5. The lowest BCUT2D eigenvalue weighted by Gasteiger charge is -2.18. The van der Waals surface area contributed by atoms with Gasteiger partial charge in [0, 0.05) is 0 Å². The molecule has 0 aliphatic heterocycles. The molecule has 0 spiro atoms. The molecule has 112 valence electrons. The van der Waals surface area contributed by atoms with Crippen molar-refractivity contribution in [3.05, 3.63) is 27.7 Å². The Kier molecular flexibility index (Phi) is 5.11. The average Bonchev–Trinajstić information content (AvgIpc) is 2.24. The SMILES string of the molecule is CC(C)(C)CCS(=O)(=O)c1ccc(Cl)c(C(=O)O)c1Cl. The van der Waals surface area contributed by atoms with Crippen molar-refractivity contribution in [1.82, 2.24) is 0 Å². The smallest absolute Gasteiger partial charge is 0.338 e. The summed E-state index contributed by atoms with van der Waals surface area (Å²) < 4.78 is 24.5. The summed E-state index contributed by atoms with van der Waals surface area (Å²) in [6.07, 6.45) is 0.441. The minimum atomic E-state index is -3.65. The third kappa shape index (κ3) is 4.11. The Labute approximate surface area is 128 Å². The second-order valence-corrected chi connectivity index (χ2v) is 8.53. The van der Waals surface area contributed by atoms with Crippen molar-refractivity contribution in [2.75, 3.05) is 5.75 Å². The van der Waals surface area contributed by atoms with Crippen molar-refractivity contribution in [3.8, 4) is 0 Å². The number of benzene rings is 1. The van der Waals surface area contributed by atoms with Crippen LogP contribution in [0.25, 0.3) is 0 Å². The molecule has 0 aliphatic rings. The minimum absolute atomic E-state index is 0.0859. The Morgan fingerprint density at radius 3 is 2.25 bits per heavy atom. The number of aromatic carboxylic acids is 1. The molecule has 0 saturated heterocycles. The van der Waals surface area contributed by atoms with E-state index in [1.54, 1.807) is 0 Å². The number of halogens is 2. The van der Waals surface area contributed by atoms with E-state index in [9.17, 15) is 13.2 Å². The molecule has 0 bridgehead atoms. The lowest BCUT2D eigenvalue weighted by Crippen LogP contribution is -2.16. The van der Waals surface area contributed by atoms with Gasteiger partial charge in [-0.2, -0.15) is 0 Å². The number of hydrogen-bond donors (Lipinski definition) is 1. The van der Waals surface area contributed by atoms with E-state index in [0.29, 0.717) is 6.42 Å². The molecule has 0 amide bonds. The zero-order valence-electron chi connectivity index (χ0n) is 11.4. The van der Waals surface area contributed by atoms with E-state index in [1.165, 1.54) is 12.1 Å². The van der Waals surface area contributed by atoms with E-state index >= 15 is 0 Å². The molecule has 0 aromatic heterocycles. The Morgan fingerprint density at radius 2 is 1.80 bits per heavy atom. The first-order valence-corrected chi connectivity index (χ1v) is 8.30. The van der Waals surface area contributed by atoms with Crippen LogP contribution in [0.2, 0.25) is 10.0 Å². The number of hydrogen-bond acceptors (Lipinski definition) is 3. The molecule has 0 atom stereocenters. The van der Waals surface area contributed by atoms with Crippen molar-refractivity contribution in [1.29, 1.82) is 0 Å². The van der Waals surface area contributed by atoms with Crippen LogP contribution < -0.4 is 0 Å². The van der Waals surface area contributed by atoms with Crippen LogP contribution in [0.3, 0.4) is 0 Å². The van der Waals surface area contributed by atoms with E-state index in [2.05, 4.69) is 0 Å². The summed E-state index contributed by atoms with van der Waals surface area (Å²) >= 11 is 11.6.